The van der Waals surface area contributed by atoms with E-state index in [4.69, 9.17) is 5.73 Å². The molecule has 4 heterocycles. The van der Waals surface area contributed by atoms with E-state index in [0.29, 0.717) is 10.8 Å². The molecule has 0 radical (unpaired) electrons. The molecule has 9 heteroatoms. The highest BCUT2D eigenvalue weighted by molar-refractivity contribution is 7.17. The molecule has 3 aromatic heterocycles. The van der Waals surface area contributed by atoms with Crippen molar-refractivity contribution in [2.75, 3.05) is 13.1 Å². The topological polar surface area (TPSA) is 98.0 Å². The number of hydrogen-bond donors (Lipinski definition) is 3. The standard InChI is InChI=1S/C17H21N5O2S2/c1-9-5-8-25-13(9)12(21-6-3-11(4-7-21)15(18)23)14-16(24)22-17(26-14)19-10(2)20-22/h5,8,11-12,24H,3-4,6-7H2,1-2H3,(H2,18,23)/p+1/t12-/m1/s1. The maximum absolute atomic E-state index is 11.5. The predicted octanol–water partition coefficient (Wildman–Crippen LogP) is 1.04. The fourth-order valence-electron chi connectivity index (χ4n) is 3.77. The minimum Gasteiger partial charge on any atom is -0.492 e. The third kappa shape index (κ3) is 2.89. The summed E-state index contributed by atoms with van der Waals surface area (Å²) in [6, 6.07) is 2.14. The number of aromatic hydroxyl groups is 1. The molecule has 0 aromatic carbocycles. The third-order valence-corrected chi connectivity index (χ3v) is 7.34. The number of thiophene rings is 1. The number of nitrogens with two attached hydrogens (primary N) is 1. The summed E-state index contributed by atoms with van der Waals surface area (Å²) >= 11 is 3.20. The Labute approximate surface area is 159 Å². The highest BCUT2D eigenvalue weighted by atomic mass is 32.1. The van der Waals surface area contributed by atoms with Gasteiger partial charge in [0.05, 0.1) is 18.0 Å². The van der Waals surface area contributed by atoms with Crippen LogP contribution in [0.1, 0.15) is 40.0 Å². The van der Waals surface area contributed by atoms with Gasteiger partial charge in [-0.3, -0.25) is 4.79 Å². The molecule has 1 atom stereocenters. The second-order valence-electron chi connectivity index (χ2n) is 6.88. The first kappa shape index (κ1) is 17.4. The number of rotatable bonds is 4. The van der Waals surface area contributed by atoms with E-state index in [1.54, 1.807) is 11.3 Å². The minimum atomic E-state index is -0.204. The molecule has 4 rings (SSSR count). The van der Waals surface area contributed by atoms with Crippen LogP contribution < -0.4 is 10.6 Å². The smallest absolute Gasteiger partial charge is 0.235 e. The Morgan fingerprint density at radius 3 is 2.69 bits per heavy atom. The van der Waals surface area contributed by atoms with Crippen LogP contribution in [-0.4, -0.2) is 38.7 Å². The van der Waals surface area contributed by atoms with Crippen LogP contribution in [0.5, 0.6) is 5.88 Å². The molecule has 1 aliphatic rings. The number of likely N-dealkylation sites (tertiary alicyclic amines) is 1. The van der Waals surface area contributed by atoms with E-state index >= 15 is 0 Å². The summed E-state index contributed by atoms with van der Waals surface area (Å²) in [5, 5.41) is 17.2. The van der Waals surface area contributed by atoms with Crippen LogP contribution in [0.4, 0.5) is 0 Å². The average molecular weight is 393 g/mol. The van der Waals surface area contributed by atoms with Gasteiger partial charge in [0.2, 0.25) is 16.7 Å². The number of carbonyl (C=O) groups excluding carboxylic acids is 1. The molecular weight excluding hydrogens is 370 g/mol. The van der Waals surface area contributed by atoms with Gasteiger partial charge in [0.15, 0.2) is 6.04 Å². The van der Waals surface area contributed by atoms with Crippen molar-refractivity contribution in [2.24, 2.45) is 11.7 Å². The van der Waals surface area contributed by atoms with Crippen molar-refractivity contribution in [3.63, 3.8) is 0 Å². The quantitative estimate of drug-likeness (QED) is 0.618. The molecule has 4 N–H and O–H groups in total. The molecule has 1 saturated heterocycles. The van der Waals surface area contributed by atoms with Gasteiger partial charge in [-0.05, 0) is 30.9 Å². The molecule has 138 valence electrons. The summed E-state index contributed by atoms with van der Waals surface area (Å²) in [6.45, 7) is 5.62. The van der Waals surface area contributed by atoms with E-state index in [0.717, 1.165) is 30.8 Å². The molecule has 0 spiro atoms. The van der Waals surface area contributed by atoms with Gasteiger partial charge in [0.25, 0.3) is 0 Å². The number of quaternary nitrogens is 1. The maximum Gasteiger partial charge on any atom is 0.235 e. The van der Waals surface area contributed by atoms with Crippen molar-refractivity contribution in [2.45, 2.75) is 32.7 Å². The molecule has 1 aliphatic heterocycles. The van der Waals surface area contributed by atoms with Crippen molar-refractivity contribution in [1.82, 2.24) is 14.6 Å². The van der Waals surface area contributed by atoms with Crippen molar-refractivity contribution in [3.05, 3.63) is 32.6 Å². The van der Waals surface area contributed by atoms with Gasteiger partial charge in [-0.2, -0.15) is 4.52 Å². The van der Waals surface area contributed by atoms with E-state index in [-0.39, 0.29) is 23.7 Å². The Hall–Kier alpha value is -1.97. The first-order chi connectivity index (χ1) is 12.5. The number of aryl methyl sites for hydroxylation is 2. The van der Waals surface area contributed by atoms with E-state index in [1.165, 1.54) is 31.2 Å². The largest absolute Gasteiger partial charge is 0.492 e. The fraction of sp³-hybridized carbons (Fsp3) is 0.471. The van der Waals surface area contributed by atoms with Crippen LogP contribution in [0.25, 0.3) is 4.96 Å². The maximum atomic E-state index is 11.5. The lowest BCUT2D eigenvalue weighted by Crippen LogP contribution is -3.13. The number of fused-ring (bicyclic) bond motifs is 1. The number of nitrogens with zero attached hydrogens (tertiary/aromatic N) is 3. The Bertz CT molecular complexity index is 952. The van der Waals surface area contributed by atoms with Crippen molar-refractivity contribution in [3.8, 4) is 5.88 Å². The summed E-state index contributed by atoms with van der Waals surface area (Å²) < 4.78 is 1.53. The van der Waals surface area contributed by atoms with Crippen LogP contribution in [0.15, 0.2) is 11.4 Å². The number of thiazole rings is 1. The number of hydrogen-bond acceptors (Lipinski definition) is 6. The molecule has 7 nitrogen and oxygen atoms in total. The first-order valence-electron chi connectivity index (χ1n) is 8.68. The van der Waals surface area contributed by atoms with Crippen molar-refractivity contribution < 1.29 is 14.8 Å². The molecule has 0 aliphatic carbocycles. The van der Waals surface area contributed by atoms with Gasteiger partial charge >= 0.3 is 0 Å². The normalized spacial score (nSPS) is 21.9. The summed E-state index contributed by atoms with van der Waals surface area (Å²) in [6.07, 6.45) is 1.57. The van der Waals surface area contributed by atoms with Gasteiger partial charge in [0.1, 0.15) is 10.7 Å². The van der Waals surface area contributed by atoms with Gasteiger partial charge in [-0.15, -0.1) is 16.4 Å². The molecule has 0 saturated carbocycles. The average Bonchev–Trinajstić information content (AvgIpc) is 3.27. The van der Waals surface area contributed by atoms with Crippen LogP contribution in [0.2, 0.25) is 0 Å². The zero-order chi connectivity index (χ0) is 18.4. The molecule has 1 fully saturated rings. The molecular formula is C17H22N5O2S2+. The lowest BCUT2D eigenvalue weighted by Gasteiger charge is -2.33. The van der Waals surface area contributed by atoms with E-state index in [2.05, 4.69) is 28.5 Å². The number of primary amides is 1. The Balaban J connectivity index is 1.74. The van der Waals surface area contributed by atoms with E-state index < -0.39 is 0 Å². The van der Waals surface area contributed by atoms with Crippen molar-refractivity contribution >= 4 is 33.5 Å². The van der Waals surface area contributed by atoms with Crippen LogP contribution in [0, 0.1) is 19.8 Å². The number of piperidine rings is 1. The lowest BCUT2D eigenvalue weighted by atomic mass is 9.94. The highest BCUT2D eigenvalue weighted by Gasteiger charge is 2.37. The first-order valence-corrected chi connectivity index (χ1v) is 10.4. The van der Waals surface area contributed by atoms with Crippen molar-refractivity contribution in [1.29, 1.82) is 0 Å². The highest BCUT2D eigenvalue weighted by Crippen LogP contribution is 2.38. The second kappa shape index (κ2) is 6.64. The summed E-state index contributed by atoms with van der Waals surface area (Å²) in [5.74, 6) is 0.580. The molecule has 26 heavy (non-hydrogen) atoms. The molecule has 0 unspecified atom stereocenters. The van der Waals surface area contributed by atoms with E-state index in [1.807, 2.05) is 6.92 Å². The number of amides is 1. The van der Waals surface area contributed by atoms with E-state index in [9.17, 15) is 9.90 Å². The van der Waals surface area contributed by atoms with Gasteiger partial charge < -0.3 is 15.7 Å². The van der Waals surface area contributed by atoms with Gasteiger partial charge in [-0.1, -0.05) is 11.3 Å². The number of aromatic nitrogens is 3. The Morgan fingerprint density at radius 1 is 1.38 bits per heavy atom. The Morgan fingerprint density at radius 2 is 2.12 bits per heavy atom. The monoisotopic (exact) mass is 392 g/mol. The summed E-state index contributed by atoms with van der Waals surface area (Å²) in [4.78, 5) is 20.1. The Kier molecular flexibility index (Phi) is 4.45. The lowest BCUT2D eigenvalue weighted by molar-refractivity contribution is -0.930. The van der Waals surface area contributed by atoms with Crippen LogP contribution in [-0.2, 0) is 4.79 Å². The summed E-state index contributed by atoms with van der Waals surface area (Å²) in [7, 11) is 0. The molecule has 1 amide bonds. The minimum absolute atomic E-state index is 0.0256. The SMILES string of the molecule is Cc1nc2sc([C@@H](c3sccc3C)[NH+]3CCC(C(N)=O)CC3)c(O)n2n1. The fourth-order valence-corrected chi connectivity index (χ4v) is 6.10. The molecule has 0 bridgehead atoms. The number of nitrogens with one attached hydrogen (secondary N) is 1. The summed E-state index contributed by atoms with van der Waals surface area (Å²) in [5.41, 5.74) is 6.71. The predicted molar refractivity (Wildman–Crippen MR) is 101 cm³/mol. The molecule has 3 aromatic rings. The third-order valence-electron chi connectivity index (χ3n) is 5.17. The zero-order valence-corrected chi connectivity index (χ0v) is 16.4. The van der Waals surface area contributed by atoms with Gasteiger partial charge in [0, 0.05) is 18.8 Å². The second-order valence-corrected chi connectivity index (χ2v) is 8.84. The van der Waals surface area contributed by atoms with Gasteiger partial charge in [-0.25, -0.2) is 4.98 Å². The zero-order valence-electron chi connectivity index (χ0n) is 14.7. The van der Waals surface area contributed by atoms with Crippen LogP contribution >= 0.6 is 22.7 Å². The van der Waals surface area contributed by atoms with Crippen LogP contribution in [0.3, 0.4) is 0 Å². The number of carbonyl (C=O) groups is 1.